The molecular formula is C20H26N4O. The Morgan fingerprint density at radius 2 is 2.04 bits per heavy atom. The molecule has 5 heteroatoms. The summed E-state index contributed by atoms with van der Waals surface area (Å²) in [6.07, 6.45) is 8.98. The number of hydrogen-bond acceptors (Lipinski definition) is 3. The van der Waals surface area contributed by atoms with Crippen LogP contribution < -0.4 is 0 Å². The van der Waals surface area contributed by atoms with Gasteiger partial charge in [-0.15, -0.1) is 0 Å². The van der Waals surface area contributed by atoms with Gasteiger partial charge in [0.2, 0.25) is 0 Å². The van der Waals surface area contributed by atoms with Gasteiger partial charge < -0.3 is 9.47 Å². The van der Waals surface area contributed by atoms with Crippen molar-refractivity contribution in [2.45, 2.75) is 51.2 Å². The molecule has 2 fully saturated rings. The molecule has 0 N–H and O–H groups in total. The van der Waals surface area contributed by atoms with E-state index in [1.807, 2.05) is 35.0 Å². The van der Waals surface area contributed by atoms with Gasteiger partial charge in [0, 0.05) is 54.9 Å². The summed E-state index contributed by atoms with van der Waals surface area (Å²) in [5.74, 6) is 0.151. The Balaban J connectivity index is 1.55. The monoisotopic (exact) mass is 338 g/mol. The van der Waals surface area contributed by atoms with E-state index < -0.39 is 0 Å². The number of imidazole rings is 1. The van der Waals surface area contributed by atoms with Crippen molar-refractivity contribution in [3.05, 3.63) is 48.5 Å². The van der Waals surface area contributed by atoms with Gasteiger partial charge in [0.15, 0.2) is 0 Å². The number of amides is 1. The summed E-state index contributed by atoms with van der Waals surface area (Å²) in [6, 6.07) is 9.54. The maximum absolute atomic E-state index is 13.1. The minimum atomic E-state index is 0.151. The third kappa shape index (κ3) is 3.09. The van der Waals surface area contributed by atoms with Gasteiger partial charge >= 0.3 is 0 Å². The number of carbonyl (C=O) groups is 1. The van der Waals surface area contributed by atoms with E-state index in [1.54, 1.807) is 12.5 Å². The van der Waals surface area contributed by atoms with Crippen LogP contribution in [0, 0.1) is 0 Å². The number of benzene rings is 1. The van der Waals surface area contributed by atoms with E-state index in [-0.39, 0.29) is 5.91 Å². The normalized spacial score (nSPS) is 23.9. The molecule has 0 aliphatic carbocycles. The molecule has 25 heavy (non-hydrogen) atoms. The van der Waals surface area contributed by atoms with Crippen LogP contribution in [-0.4, -0.2) is 56.5 Å². The predicted octanol–water partition coefficient (Wildman–Crippen LogP) is 2.96. The van der Waals surface area contributed by atoms with E-state index in [2.05, 4.69) is 28.6 Å². The zero-order chi connectivity index (χ0) is 17.4. The lowest BCUT2D eigenvalue weighted by atomic mass is 10.1. The van der Waals surface area contributed by atoms with Gasteiger partial charge in [-0.05, 0) is 51.3 Å². The Morgan fingerprint density at radius 1 is 1.20 bits per heavy atom. The topological polar surface area (TPSA) is 41.4 Å². The highest BCUT2D eigenvalue weighted by molar-refractivity contribution is 5.94. The summed E-state index contributed by atoms with van der Waals surface area (Å²) in [5.41, 5.74) is 1.74. The fraction of sp³-hybridized carbons (Fsp3) is 0.500. The molecular weight excluding hydrogens is 312 g/mol. The van der Waals surface area contributed by atoms with Crippen molar-refractivity contribution in [1.29, 1.82) is 0 Å². The van der Waals surface area contributed by atoms with Gasteiger partial charge in [-0.1, -0.05) is 6.07 Å². The molecule has 4 rings (SSSR count). The molecule has 0 spiro atoms. The van der Waals surface area contributed by atoms with Crippen molar-refractivity contribution >= 4 is 5.91 Å². The molecule has 2 unspecified atom stereocenters. The summed E-state index contributed by atoms with van der Waals surface area (Å²) in [7, 11) is 0. The summed E-state index contributed by atoms with van der Waals surface area (Å²) >= 11 is 0. The lowest BCUT2D eigenvalue weighted by Gasteiger charge is -2.32. The quantitative estimate of drug-likeness (QED) is 0.864. The van der Waals surface area contributed by atoms with Gasteiger partial charge in [-0.25, -0.2) is 4.98 Å². The number of likely N-dealkylation sites (tertiary alicyclic amines) is 1. The summed E-state index contributed by atoms with van der Waals surface area (Å²) in [5, 5.41) is 0. The zero-order valence-corrected chi connectivity index (χ0v) is 15.0. The summed E-state index contributed by atoms with van der Waals surface area (Å²) < 4.78 is 1.93. The number of fused-ring (bicyclic) bond motifs is 2. The summed E-state index contributed by atoms with van der Waals surface area (Å²) in [6.45, 7) is 6.26. The van der Waals surface area contributed by atoms with Gasteiger partial charge in [0.25, 0.3) is 5.91 Å². The molecule has 1 amide bonds. The molecule has 2 aromatic rings. The van der Waals surface area contributed by atoms with Crippen LogP contribution in [0.1, 0.15) is 43.5 Å². The van der Waals surface area contributed by atoms with Crippen molar-refractivity contribution in [2.75, 3.05) is 13.1 Å². The third-order valence-corrected chi connectivity index (χ3v) is 5.62. The highest BCUT2D eigenvalue weighted by atomic mass is 16.2. The summed E-state index contributed by atoms with van der Waals surface area (Å²) in [4.78, 5) is 21.9. The molecule has 2 aliphatic rings. The fourth-order valence-corrected chi connectivity index (χ4v) is 4.53. The number of rotatable bonds is 3. The number of nitrogens with zero attached hydrogens (tertiary/aromatic N) is 4. The van der Waals surface area contributed by atoms with Crippen LogP contribution in [0.15, 0.2) is 43.0 Å². The first kappa shape index (κ1) is 16.3. The minimum absolute atomic E-state index is 0.151. The Labute approximate surface area is 149 Å². The Kier molecular flexibility index (Phi) is 4.34. The lowest BCUT2D eigenvalue weighted by Crippen LogP contribution is -2.44. The van der Waals surface area contributed by atoms with Gasteiger partial charge in [0.1, 0.15) is 0 Å². The molecule has 132 valence electrons. The maximum atomic E-state index is 13.1. The van der Waals surface area contributed by atoms with E-state index >= 15 is 0 Å². The molecule has 0 saturated carbocycles. The van der Waals surface area contributed by atoms with Crippen molar-refractivity contribution in [3.8, 4) is 5.69 Å². The standard InChI is InChI=1S/C20H26N4O/c1-15(2)24-17-6-7-19(24)13-22(10-8-17)20(25)16-4-3-5-18(12-16)23-11-9-21-14-23/h3-5,9,11-12,14-15,17,19H,6-8,10,13H2,1-2H3. The number of hydrogen-bond donors (Lipinski definition) is 0. The highest BCUT2D eigenvalue weighted by Crippen LogP contribution is 2.32. The molecule has 3 heterocycles. The molecule has 2 bridgehead atoms. The highest BCUT2D eigenvalue weighted by Gasteiger charge is 2.39. The van der Waals surface area contributed by atoms with Crippen molar-refractivity contribution in [3.63, 3.8) is 0 Å². The van der Waals surface area contributed by atoms with Crippen LogP contribution >= 0.6 is 0 Å². The third-order valence-electron chi connectivity index (χ3n) is 5.62. The van der Waals surface area contributed by atoms with Crippen LogP contribution in [0.2, 0.25) is 0 Å². The van der Waals surface area contributed by atoms with E-state index in [1.165, 1.54) is 12.8 Å². The molecule has 5 nitrogen and oxygen atoms in total. The SMILES string of the molecule is CC(C)N1C2CCC1CN(C(=O)c1cccc(-n3ccnc3)c1)CC2. The Hall–Kier alpha value is -2.14. The first-order valence-corrected chi connectivity index (χ1v) is 9.28. The molecule has 2 saturated heterocycles. The van der Waals surface area contributed by atoms with E-state index in [0.717, 1.165) is 30.8 Å². The molecule has 2 aliphatic heterocycles. The van der Waals surface area contributed by atoms with Crippen LogP contribution in [0.5, 0.6) is 0 Å². The second-order valence-electron chi connectivity index (χ2n) is 7.49. The largest absolute Gasteiger partial charge is 0.337 e. The number of aromatic nitrogens is 2. The first-order valence-electron chi connectivity index (χ1n) is 9.28. The van der Waals surface area contributed by atoms with Gasteiger partial charge in [0.05, 0.1) is 6.33 Å². The zero-order valence-electron chi connectivity index (χ0n) is 15.0. The Bertz CT molecular complexity index is 740. The lowest BCUT2D eigenvalue weighted by molar-refractivity contribution is 0.0728. The minimum Gasteiger partial charge on any atom is -0.337 e. The van der Waals surface area contributed by atoms with Gasteiger partial charge in [-0.2, -0.15) is 0 Å². The molecule has 1 aromatic carbocycles. The second-order valence-corrected chi connectivity index (χ2v) is 7.49. The van der Waals surface area contributed by atoms with E-state index in [4.69, 9.17) is 0 Å². The van der Waals surface area contributed by atoms with Crippen molar-refractivity contribution < 1.29 is 4.79 Å². The first-order chi connectivity index (χ1) is 12.1. The van der Waals surface area contributed by atoms with Crippen LogP contribution in [-0.2, 0) is 0 Å². The Morgan fingerprint density at radius 3 is 2.80 bits per heavy atom. The molecule has 0 radical (unpaired) electrons. The smallest absolute Gasteiger partial charge is 0.253 e. The average Bonchev–Trinajstić information content (AvgIpc) is 3.22. The average molecular weight is 338 g/mol. The molecule has 2 atom stereocenters. The molecule has 1 aromatic heterocycles. The fourth-order valence-electron chi connectivity index (χ4n) is 4.53. The van der Waals surface area contributed by atoms with Crippen molar-refractivity contribution in [2.24, 2.45) is 0 Å². The van der Waals surface area contributed by atoms with Gasteiger partial charge in [-0.3, -0.25) is 9.69 Å². The van der Waals surface area contributed by atoms with Crippen LogP contribution in [0.3, 0.4) is 0 Å². The second kappa shape index (κ2) is 6.64. The predicted molar refractivity (Wildman–Crippen MR) is 97.9 cm³/mol. The van der Waals surface area contributed by atoms with Crippen molar-refractivity contribution in [1.82, 2.24) is 19.4 Å². The van der Waals surface area contributed by atoms with E-state index in [9.17, 15) is 4.79 Å². The maximum Gasteiger partial charge on any atom is 0.253 e. The number of carbonyl (C=O) groups excluding carboxylic acids is 1. The van der Waals surface area contributed by atoms with E-state index in [0.29, 0.717) is 18.1 Å². The van der Waals surface area contributed by atoms with Crippen LogP contribution in [0.25, 0.3) is 5.69 Å². The van der Waals surface area contributed by atoms with Crippen LogP contribution in [0.4, 0.5) is 0 Å².